The Kier molecular flexibility index (Phi) is 12.3. The molecule has 230 valence electrons. The molecule has 0 radical (unpaired) electrons. The van der Waals surface area contributed by atoms with Crippen LogP contribution in [-0.2, 0) is 50.4 Å². The second-order valence-electron chi connectivity index (χ2n) is 10.7. The molecule has 13 nitrogen and oxygen atoms in total. The minimum absolute atomic E-state index is 0.0629. The summed E-state index contributed by atoms with van der Waals surface area (Å²) in [5.41, 5.74) is 2.64. The number of nitrogens with zero attached hydrogens (tertiary/aromatic N) is 1. The van der Waals surface area contributed by atoms with Gasteiger partial charge in [0.1, 0.15) is 43.4 Å². The molecule has 2 unspecified atom stereocenters. The fourth-order valence-corrected chi connectivity index (χ4v) is 4.64. The van der Waals surface area contributed by atoms with Crippen molar-refractivity contribution in [1.29, 1.82) is 0 Å². The summed E-state index contributed by atoms with van der Waals surface area (Å²) in [4.78, 5) is 47.9. The van der Waals surface area contributed by atoms with Crippen molar-refractivity contribution in [1.82, 2.24) is 0 Å². The first-order valence-corrected chi connectivity index (χ1v) is 14.5. The number of hydrogen-bond donors (Lipinski definition) is 1. The second kappa shape index (κ2) is 14.8. The summed E-state index contributed by atoms with van der Waals surface area (Å²) in [6.45, 7) is 4.15. The summed E-state index contributed by atoms with van der Waals surface area (Å²) in [7, 11) is 2.41. The van der Waals surface area contributed by atoms with Crippen LogP contribution in [0, 0.1) is 6.92 Å². The zero-order chi connectivity index (χ0) is 31.0. The number of hydrogen-bond acceptors (Lipinski definition) is 12. The van der Waals surface area contributed by atoms with Crippen LogP contribution in [0.15, 0.2) is 11.6 Å². The Morgan fingerprint density at radius 3 is 2.46 bits per heavy atom. The molecule has 1 heterocycles. The van der Waals surface area contributed by atoms with E-state index in [1.54, 1.807) is 19.9 Å². The summed E-state index contributed by atoms with van der Waals surface area (Å²) in [6.07, 6.45) is 1.07. The molecule has 2 rings (SSSR count). The molecule has 14 heteroatoms. The number of phenolic OH excluding ortho intramolecular Hbond substituents is 1. The normalized spacial score (nSPS) is 15.5. The molecular weight excluding hydrogens is 561 g/mol. The molecule has 1 aromatic rings. The van der Waals surface area contributed by atoms with Gasteiger partial charge in [-0.15, -0.1) is 0 Å². The number of carbonyl (C=O) groups excluding carboxylic acids is 3. The van der Waals surface area contributed by atoms with Crippen molar-refractivity contribution in [2.24, 2.45) is 0 Å². The van der Waals surface area contributed by atoms with Crippen molar-refractivity contribution in [3.63, 3.8) is 0 Å². The first-order valence-electron chi connectivity index (χ1n) is 13.0. The van der Waals surface area contributed by atoms with Crippen LogP contribution >= 0.6 is 7.82 Å². The lowest BCUT2D eigenvalue weighted by molar-refractivity contribution is -0.870. The van der Waals surface area contributed by atoms with E-state index in [0.29, 0.717) is 33.5 Å². The number of benzene rings is 1. The number of rotatable bonds is 16. The summed E-state index contributed by atoms with van der Waals surface area (Å²) in [5, 5.41) is 10.7. The standard InChI is InChI=1S/C27H40NO12P/c1-17(8-10-21-25(31)24-22(16-37-27(24)32)18(2)26(21)35-7)9-11-23(30)40-20(14-36-19(3)29)15-39-41(33,34)38-13-12-28(4,5)6/h8,20H,9-16H2,1-7H3,(H-,31,32,33,34)/b17-8+. The molecule has 0 saturated carbocycles. The third-order valence-corrected chi connectivity index (χ3v) is 7.19. The van der Waals surface area contributed by atoms with E-state index in [2.05, 4.69) is 0 Å². The molecule has 2 atom stereocenters. The molecule has 0 fully saturated rings. The van der Waals surface area contributed by atoms with Crippen LogP contribution in [0.3, 0.4) is 0 Å². The highest BCUT2D eigenvalue weighted by molar-refractivity contribution is 7.45. The molecule has 0 aromatic heterocycles. The van der Waals surface area contributed by atoms with Gasteiger partial charge in [0.05, 0.1) is 34.9 Å². The smallest absolute Gasteiger partial charge is 0.342 e. The van der Waals surface area contributed by atoms with Gasteiger partial charge < -0.3 is 42.5 Å². The maximum absolute atomic E-state index is 12.5. The monoisotopic (exact) mass is 601 g/mol. The Morgan fingerprint density at radius 2 is 1.85 bits per heavy atom. The van der Waals surface area contributed by atoms with Crippen molar-refractivity contribution < 1.29 is 61.4 Å². The Bertz CT molecular complexity index is 1200. The van der Waals surface area contributed by atoms with E-state index in [0.717, 1.165) is 5.57 Å². The number of methoxy groups -OCH3 is 1. The van der Waals surface area contributed by atoms with Crippen molar-refractivity contribution in [3.05, 3.63) is 33.9 Å². The molecule has 0 bridgehead atoms. The van der Waals surface area contributed by atoms with Gasteiger partial charge >= 0.3 is 17.9 Å². The van der Waals surface area contributed by atoms with Crippen LogP contribution in [0.5, 0.6) is 11.5 Å². The molecule has 1 aliphatic heterocycles. The van der Waals surface area contributed by atoms with Gasteiger partial charge in [-0.25, -0.2) is 4.79 Å². The largest absolute Gasteiger partial charge is 0.756 e. The molecule has 0 spiro atoms. The van der Waals surface area contributed by atoms with E-state index in [-0.39, 0.29) is 43.8 Å². The van der Waals surface area contributed by atoms with E-state index < -0.39 is 45.0 Å². The summed E-state index contributed by atoms with van der Waals surface area (Å²) < 4.78 is 43.0. The molecule has 1 N–H and O–H groups in total. The molecule has 41 heavy (non-hydrogen) atoms. The molecule has 0 saturated heterocycles. The lowest BCUT2D eigenvalue weighted by atomic mass is 9.94. The third kappa shape index (κ3) is 10.8. The fourth-order valence-electron chi connectivity index (χ4n) is 3.92. The van der Waals surface area contributed by atoms with Gasteiger partial charge in [-0.1, -0.05) is 11.6 Å². The summed E-state index contributed by atoms with van der Waals surface area (Å²) in [5.74, 6) is -1.64. The van der Waals surface area contributed by atoms with Crippen LogP contribution in [0.4, 0.5) is 0 Å². The Morgan fingerprint density at radius 1 is 1.17 bits per heavy atom. The Labute approximate surface area is 240 Å². The van der Waals surface area contributed by atoms with Gasteiger partial charge in [-0.3, -0.25) is 14.2 Å². The average molecular weight is 602 g/mol. The van der Waals surface area contributed by atoms with Crippen molar-refractivity contribution in [2.75, 3.05) is 54.6 Å². The lowest BCUT2D eigenvalue weighted by Crippen LogP contribution is -2.37. The van der Waals surface area contributed by atoms with E-state index >= 15 is 0 Å². The topological polar surface area (TPSA) is 167 Å². The first kappa shape index (κ1) is 34.2. The number of quaternary nitrogens is 1. The van der Waals surface area contributed by atoms with E-state index in [1.807, 2.05) is 21.1 Å². The average Bonchev–Trinajstić information content (AvgIpc) is 3.26. The summed E-state index contributed by atoms with van der Waals surface area (Å²) in [6, 6.07) is 0. The number of esters is 3. The molecule has 0 amide bonds. The fraction of sp³-hybridized carbons (Fsp3) is 0.593. The number of likely N-dealkylation sites (N-methyl/N-ethyl adjacent to an activating group) is 1. The summed E-state index contributed by atoms with van der Waals surface area (Å²) >= 11 is 0. The predicted octanol–water partition coefficient (Wildman–Crippen LogP) is 2.33. The number of phosphoric ester groups is 1. The highest BCUT2D eigenvalue weighted by atomic mass is 31.2. The van der Waals surface area contributed by atoms with Gasteiger partial charge in [0, 0.05) is 24.5 Å². The number of aromatic hydroxyl groups is 1. The van der Waals surface area contributed by atoms with Gasteiger partial charge in [-0.05, 0) is 32.3 Å². The zero-order valence-corrected chi connectivity index (χ0v) is 25.5. The quantitative estimate of drug-likeness (QED) is 0.0967. The third-order valence-electron chi connectivity index (χ3n) is 6.23. The SMILES string of the molecule is COc1c(C)c2c(c(O)c1C/C=C(\C)CCC(=O)OC(COC(C)=O)COP(=O)([O-])OCC[N+](C)(C)C)C(=O)OC2. The van der Waals surface area contributed by atoms with E-state index in [1.165, 1.54) is 14.0 Å². The van der Waals surface area contributed by atoms with Crippen molar-refractivity contribution in [2.45, 2.75) is 52.7 Å². The van der Waals surface area contributed by atoms with Crippen LogP contribution in [0.2, 0.25) is 0 Å². The van der Waals surface area contributed by atoms with E-state index in [4.69, 9.17) is 28.0 Å². The zero-order valence-electron chi connectivity index (χ0n) is 24.6. The number of fused-ring (bicyclic) bond motifs is 1. The number of phosphoric acid groups is 1. The van der Waals surface area contributed by atoms with Crippen molar-refractivity contribution >= 4 is 25.7 Å². The number of carbonyl (C=O) groups is 3. The number of ether oxygens (including phenoxy) is 4. The van der Waals surface area contributed by atoms with Crippen LogP contribution < -0.4 is 9.63 Å². The number of phenols is 1. The molecule has 1 aromatic carbocycles. The minimum atomic E-state index is -4.68. The second-order valence-corrected chi connectivity index (χ2v) is 12.1. The highest BCUT2D eigenvalue weighted by Crippen LogP contribution is 2.42. The van der Waals surface area contributed by atoms with Crippen molar-refractivity contribution in [3.8, 4) is 11.5 Å². The predicted molar refractivity (Wildman–Crippen MR) is 144 cm³/mol. The molecule has 1 aliphatic rings. The van der Waals surface area contributed by atoms with Gasteiger partial charge in [0.25, 0.3) is 7.82 Å². The first-order chi connectivity index (χ1) is 19.0. The van der Waals surface area contributed by atoms with E-state index in [9.17, 15) is 28.9 Å². The number of cyclic esters (lactones) is 1. The molecular formula is C27H40NO12P. The van der Waals surface area contributed by atoms with Crippen LogP contribution in [0.1, 0.15) is 53.7 Å². The van der Waals surface area contributed by atoms with Gasteiger partial charge in [0.15, 0.2) is 6.10 Å². The maximum atomic E-state index is 12.5. The van der Waals surface area contributed by atoms with Gasteiger partial charge in [-0.2, -0.15) is 0 Å². The highest BCUT2D eigenvalue weighted by Gasteiger charge is 2.32. The molecule has 0 aliphatic carbocycles. The minimum Gasteiger partial charge on any atom is -0.756 e. The Hall–Kier alpha value is -2.96. The number of allylic oxidation sites excluding steroid dienone is 2. The van der Waals surface area contributed by atoms with Gasteiger partial charge in [0.2, 0.25) is 0 Å². The van der Waals surface area contributed by atoms with Crippen LogP contribution in [0.25, 0.3) is 0 Å². The van der Waals surface area contributed by atoms with Crippen LogP contribution in [-0.4, -0.2) is 88.2 Å². The maximum Gasteiger partial charge on any atom is 0.342 e. The Balaban J connectivity index is 1.98. The lowest BCUT2D eigenvalue weighted by Gasteiger charge is -2.28.